The van der Waals surface area contributed by atoms with Crippen molar-refractivity contribution >= 4 is 38.7 Å². The zero-order valence-corrected chi connectivity index (χ0v) is 13.4. The van der Waals surface area contributed by atoms with Crippen LogP contribution in [0.25, 0.3) is 0 Å². The molecule has 0 radical (unpaired) electrons. The molecule has 0 aromatic carbocycles. The molecule has 3 heterocycles. The van der Waals surface area contributed by atoms with E-state index in [1.165, 1.54) is 24.0 Å². The maximum atomic E-state index is 12.5. The number of fused-ring (bicyclic) bond motifs is 1. The van der Waals surface area contributed by atoms with Gasteiger partial charge in [0.15, 0.2) is 15.9 Å². The van der Waals surface area contributed by atoms with Crippen molar-refractivity contribution in [2.45, 2.75) is 36.1 Å². The molecule has 9 nitrogen and oxygen atoms in total. The van der Waals surface area contributed by atoms with Gasteiger partial charge in [0.2, 0.25) is 5.91 Å². The van der Waals surface area contributed by atoms with E-state index in [1.54, 1.807) is 0 Å². The number of aromatic nitrogens is 3. The first-order valence-corrected chi connectivity index (χ1v) is 7.45. The maximum Gasteiger partial charge on any atom is 0.328 e. The van der Waals surface area contributed by atoms with Crippen LogP contribution in [0.2, 0.25) is 0 Å². The van der Waals surface area contributed by atoms with Gasteiger partial charge in [0.1, 0.15) is 10.1 Å². The lowest BCUT2D eigenvalue weighted by Crippen LogP contribution is -2.58. The summed E-state index contributed by atoms with van der Waals surface area (Å²) in [6.07, 6.45) is 2.68. The second-order valence-corrected chi connectivity index (χ2v) is 7.73. The summed E-state index contributed by atoms with van der Waals surface area (Å²) in [5.74, 6) is -1.78. The first-order chi connectivity index (χ1) is 9.29. The number of aliphatic carboxylic acids is 1. The van der Waals surface area contributed by atoms with Gasteiger partial charge in [-0.15, -0.1) is 22.1 Å². The minimum atomic E-state index is -3.80. The molecule has 3 rings (SSSR count). The highest BCUT2D eigenvalue weighted by atomic mass is 79.9. The van der Waals surface area contributed by atoms with E-state index >= 15 is 0 Å². The number of sulfone groups is 1. The lowest BCUT2D eigenvalue weighted by Gasteiger charge is -2.35. The third-order valence-corrected chi connectivity index (χ3v) is 6.76. The summed E-state index contributed by atoms with van der Waals surface area (Å²) in [4.78, 5) is 24.0. The number of hydrogen-bond acceptors (Lipinski definition) is 6. The summed E-state index contributed by atoms with van der Waals surface area (Å²) in [5, 5.41) is 15.6. The molecule has 1 amide bonds. The largest absolute Gasteiger partial charge is 0.480 e. The molecule has 2 aliphatic rings. The van der Waals surface area contributed by atoms with E-state index < -0.39 is 37.9 Å². The smallest absolute Gasteiger partial charge is 0.328 e. The van der Waals surface area contributed by atoms with Crippen LogP contribution in [0.15, 0.2) is 12.4 Å². The number of nitrogens with zero attached hydrogens (tertiary/aromatic N) is 4. The quantitative estimate of drug-likeness (QED) is 0.670. The average molecular weight is 381 g/mol. The number of carbonyl (C=O) groups excluding carboxylic acids is 1. The molecule has 11 heteroatoms. The Kier molecular flexibility index (Phi) is 3.61. The maximum absolute atomic E-state index is 12.5. The summed E-state index contributed by atoms with van der Waals surface area (Å²) in [5.41, 5.74) is 0. The van der Waals surface area contributed by atoms with Crippen molar-refractivity contribution in [3.05, 3.63) is 12.4 Å². The summed E-state index contributed by atoms with van der Waals surface area (Å²) in [6, 6.07) is -1.40. The Hall–Kier alpha value is -1.49. The minimum absolute atomic E-state index is 0. The molecule has 0 bridgehead atoms. The van der Waals surface area contributed by atoms with Crippen LogP contribution < -0.4 is 0 Å². The summed E-state index contributed by atoms with van der Waals surface area (Å²) < 4.78 is 24.7. The van der Waals surface area contributed by atoms with Crippen molar-refractivity contribution in [2.75, 3.05) is 0 Å². The molecule has 1 N–H and O–H groups in total. The molecule has 2 saturated heterocycles. The molecule has 116 valence electrons. The van der Waals surface area contributed by atoms with Crippen molar-refractivity contribution in [1.29, 1.82) is 0 Å². The number of carboxylic acids is 1. The van der Waals surface area contributed by atoms with Gasteiger partial charge in [-0.05, 0) is 6.92 Å². The van der Waals surface area contributed by atoms with Gasteiger partial charge in [0, 0.05) is 6.20 Å². The Morgan fingerprint density at radius 1 is 1.57 bits per heavy atom. The number of halogens is 1. The molecule has 0 spiro atoms. The number of carbonyl (C=O) groups is 2. The molecule has 2 aliphatic heterocycles. The van der Waals surface area contributed by atoms with Gasteiger partial charge in [-0.2, -0.15) is 0 Å². The molecule has 3 atom stereocenters. The zero-order valence-electron chi connectivity index (χ0n) is 10.9. The van der Waals surface area contributed by atoms with E-state index in [0.29, 0.717) is 0 Å². The van der Waals surface area contributed by atoms with Gasteiger partial charge in [0.05, 0.1) is 19.2 Å². The Labute approximate surface area is 130 Å². The van der Waals surface area contributed by atoms with Gasteiger partial charge in [0.25, 0.3) is 0 Å². The third kappa shape index (κ3) is 1.90. The topological polar surface area (TPSA) is 122 Å². The SMILES string of the molecule is Br.C[C@]1(Cn2ccnn2)[C@H](C(=O)O)N2C(=O)C[C@H]2S1(=O)=O. The van der Waals surface area contributed by atoms with Crippen LogP contribution in [-0.2, 0) is 26.0 Å². The summed E-state index contributed by atoms with van der Waals surface area (Å²) >= 11 is 0. The predicted molar refractivity (Wildman–Crippen MR) is 74.3 cm³/mol. The van der Waals surface area contributed by atoms with Crippen LogP contribution in [0.3, 0.4) is 0 Å². The highest BCUT2D eigenvalue weighted by molar-refractivity contribution is 8.93. The number of amides is 1. The fraction of sp³-hybridized carbons (Fsp3) is 0.600. The molecule has 2 fully saturated rings. The summed E-state index contributed by atoms with van der Waals surface area (Å²) in [6.45, 7) is 1.18. The van der Waals surface area contributed by atoms with Crippen LogP contribution in [0, 0.1) is 0 Å². The summed E-state index contributed by atoms with van der Waals surface area (Å²) in [7, 11) is -3.80. The van der Waals surface area contributed by atoms with Crippen LogP contribution >= 0.6 is 17.0 Å². The normalized spacial score (nSPS) is 33.0. The van der Waals surface area contributed by atoms with Gasteiger partial charge < -0.3 is 10.0 Å². The second kappa shape index (κ2) is 4.77. The van der Waals surface area contributed by atoms with Gasteiger partial charge in [-0.25, -0.2) is 13.2 Å². The number of hydrogen-bond donors (Lipinski definition) is 1. The first-order valence-electron chi connectivity index (χ1n) is 5.90. The Morgan fingerprint density at radius 2 is 2.24 bits per heavy atom. The van der Waals surface area contributed by atoms with Gasteiger partial charge in [-0.1, -0.05) is 5.21 Å². The highest BCUT2D eigenvalue weighted by Crippen LogP contribution is 2.46. The Bertz CT molecular complexity index is 690. The van der Waals surface area contributed by atoms with Crippen molar-refractivity contribution < 1.29 is 23.1 Å². The van der Waals surface area contributed by atoms with Crippen molar-refractivity contribution in [3.63, 3.8) is 0 Å². The van der Waals surface area contributed by atoms with Crippen LogP contribution in [0.1, 0.15) is 13.3 Å². The fourth-order valence-corrected chi connectivity index (χ4v) is 5.29. The molecular weight excluding hydrogens is 368 g/mol. The monoisotopic (exact) mass is 380 g/mol. The van der Waals surface area contributed by atoms with E-state index in [1.807, 2.05) is 0 Å². The molecule has 0 saturated carbocycles. The Balaban J connectivity index is 0.00000161. The van der Waals surface area contributed by atoms with Gasteiger partial charge in [-0.3, -0.25) is 9.48 Å². The zero-order chi connectivity index (χ0) is 14.7. The number of rotatable bonds is 3. The van der Waals surface area contributed by atoms with Crippen LogP contribution in [0.4, 0.5) is 0 Å². The lowest BCUT2D eigenvalue weighted by molar-refractivity contribution is -0.157. The third-order valence-electron chi connectivity index (χ3n) is 3.99. The minimum Gasteiger partial charge on any atom is -0.480 e. The van der Waals surface area contributed by atoms with E-state index in [2.05, 4.69) is 10.3 Å². The fourth-order valence-electron chi connectivity index (χ4n) is 2.93. The van der Waals surface area contributed by atoms with E-state index in [0.717, 1.165) is 4.90 Å². The molecule has 0 aliphatic carbocycles. The molecule has 1 aromatic heterocycles. The first kappa shape index (κ1) is 15.9. The predicted octanol–water partition coefficient (Wildman–Crippen LogP) is -0.945. The van der Waals surface area contributed by atoms with E-state index in [4.69, 9.17) is 0 Å². The molecular formula is C10H13BrN4O5S. The second-order valence-electron chi connectivity index (χ2n) is 5.16. The van der Waals surface area contributed by atoms with E-state index in [-0.39, 0.29) is 29.9 Å². The number of β-lactam (4-membered cyclic amide) rings is 1. The van der Waals surface area contributed by atoms with Crippen LogP contribution in [0.5, 0.6) is 0 Å². The van der Waals surface area contributed by atoms with Crippen LogP contribution in [-0.4, -0.2) is 61.5 Å². The van der Waals surface area contributed by atoms with Crippen molar-refractivity contribution in [3.8, 4) is 0 Å². The Morgan fingerprint density at radius 3 is 2.71 bits per heavy atom. The molecule has 0 unspecified atom stereocenters. The number of carboxylic acid groups (broad SMARTS) is 1. The standard InChI is InChI=1S/C10H12N4O5S.BrH/c1-10(5-13-3-2-11-12-13)8(9(16)17)14-6(15)4-7(14)20(10,18)19;/h2-3,7-8H,4-5H2,1H3,(H,16,17);1H/t7-,8+,10+;/m1./s1. The van der Waals surface area contributed by atoms with E-state index in [9.17, 15) is 23.1 Å². The molecule has 21 heavy (non-hydrogen) atoms. The van der Waals surface area contributed by atoms with Crippen molar-refractivity contribution in [2.24, 2.45) is 0 Å². The van der Waals surface area contributed by atoms with Crippen molar-refractivity contribution in [1.82, 2.24) is 19.9 Å². The lowest BCUT2D eigenvalue weighted by atomic mass is 9.96. The highest BCUT2D eigenvalue weighted by Gasteiger charge is 2.70. The molecule has 1 aromatic rings. The average Bonchev–Trinajstić information content (AvgIpc) is 2.87. The van der Waals surface area contributed by atoms with Gasteiger partial charge >= 0.3 is 5.97 Å².